The highest BCUT2D eigenvalue weighted by Crippen LogP contribution is 2.26. The van der Waals surface area contributed by atoms with Gasteiger partial charge in [-0.2, -0.15) is 0 Å². The third-order valence-corrected chi connectivity index (χ3v) is 4.01. The minimum Gasteiger partial charge on any atom is -0.409 e. The third-order valence-electron chi connectivity index (χ3n) is 4.01. The van der Waals surface area contributed by atoms with Gasteiger partial charge in [0, 0.05) is 6.54 Å². The Morgan fingerprint density at radius 2 is 1.90 bits per heavy atom. The van der Waals surface area contributed by atoms with Crippen molar-refractivity contribution in [2.45, 2.75) is 39.5 Å². The number of hydrogen-bond acceptors (Lipinski definition) is 3. The maximum absolute atomic E-state index is 12.4. The second-order valence-electron chi connectivity index (χ2n) is 5.12. The van der Waals surface area contributed by atoms with E-state index in [2.05, 4.69) is 22.6 Å². The molecule has 21 heavy (non-hydrogen) atoms. The summed E-state index contributed by atoms with van der Waals surface area (Å²) in [7, 11) is 0. The number of nitrogens with zero attached hydrogens (tertiary/aromatic N) is 1. The molecule has 4 N–H and O–H groups in total. The highest BCUT2D eigenvalue weighted by Gasteiger charge is 2.39. The fourth-order valence-electron chi connectivity index (χ4n) is 2.45. The molecule has 0 radical (unpaired) electrons. The summed E-state index contributed by atoms with van der Waals surface area (Å²) < 4.78 is 0. The minimum atomic E-state index is -0.915. The second-order valence-corrected chi connectivity index (χ2v) is 5.12. The zero-order valence-electron chi connectivity index (χ0n) is 12.8. The Bertz CT molecular complexity index is 468. The zero-order chi connectivity index (χ0) is 15.7. The van der Waals surface area contributed by atoms with Crippen molar-refractivity contribution in [3.8, 4) is 0 Å². The van der Waals surface area contributed by atoms with Crippen molar-refractivity contribution in [2.75, 3.05) is 6.54 Å². The summed E-state index contributed by atoms with van der Waals surface area (Å²) >= 11 is 0. The van der Waals surface area contributed by atoms with Crippen LogP contribution in [0, 0.1) is 5.41 Å². The van der Waals surface area contributed by atoms with Gasteiger partial charge in [0.25, 0.3) is 0 Å². The number of amidine groups is 1. The van der Waals surface area contributed by atoms with E-state index in [0.717, 1.165) is 12.8 Å². The van der Waals surface area contributed by atoms with Gasteiger partial charge in [-0.15, -0.1) is 0 Å². The van der Waals surface area contributed by atoms with E-state index < -0.39 is 5.41 Å². The van der Waals surface area contributed by atoms with E-state index in [0.29, 0.717) is 19.4 Å². The molecule has 0 atom stereocenters. The van der Waals surface area contributed by atoms with E-state index in [-0.39, 0.29) is 11.7 Å². The topological polar surface area (TPSA) is 87.7 Å². The van der Waals surface area contributed by atoms with Crippen molar-refractivity contribution in [3.63, 3.8) is 0 Å². The Balaban J connectivity index is 2.51. The number of carbonyl (C=O) groups excluding carboxylic acids is 1. The van der Waals surface area contributed by atoms with Gasteiger partial charge < -0.3 is 16.3 Å². The van der Waals surface area contributed by atoms with E-state index in [1.807, 2.05) is 32.0 Å². The molecule has 0 heterocycles. The van der Waals surface area contributed by atoms with Crippen LogP contribution in [0.1, 0.15) is 38.7 Å². The molecule has 1 aromatic rings. The van der Waals surface area contributed by atoms with Crippen LogP contribution in [0.2, 0.25) is 0 Å². The molecule has 0 aliphatic rings. The van der Waals surface area contributed by atoms with Crippen LogP contribution in [0.15, 0.2) is 35.5 Å². The Kier molecular flexibility index (Phi) is 6.72. The second kappa shape index (κ2) is 8.29. The van der Waals surface area contributed by atoms with Gasteiger partial charge in [-0.25, -0.2) is 0 Å². The first-order valence-corrected chi connectivity index (χ1v) is 7.41. The number of oxime groups is 1. The van der Waals surface area contributed by atoms with Gasteiger partial charge in [0.1, 0.15) is 5.41 Å². The van der Waals surface area contributed by atoms with Crippen LogP contribution >= 0.6 is 0 Å². The third kappa shape index (κ3) is 4.21. The molecular formula is C16H25N3O2. The van der Waals surface area contributed by atoms with Crippen LogP contribution in [0.3, 0.4) is 0 Å². The van der Waals surface area contributed by atoms with Crippen LogP contribution < -0.4 is 11.1 Å². The maximum Gasteiger partial charge on any atom is 0.233 e. The lowest BCUT2D eigenvalue weighted by atomic mass is 9.80. The summed E-state index contributed by atoms with van der Waals surface area (Å²) in [6.45, 7) is 4.31. The molecule has 0 aromatic heterocycles. The average Bonchev–Trinajstić information content (AvgIpc) is 2.54. The van der Waals surface area contributed by atoms with E-state index in [1.54, 1.807) is 0 Å². The van der Waals surface area contributed by atoms with Crippen molar-refractivity contribution in [1.29, 1.82) is 0 Å². The summed E-state index contributed by atoms with van der Waals surface area (Å²) in [6.07, 6.45) is 2.78. The number of amides is 1. The highest BCUT2D eigenvalue weighted by molar-refractivity contribution is 6.06. The van der Waals surface area contributed by atoms with Crippen LogP contribution in [0.25, 0.3) is 0 Å². The first-order chi connectivity index (χ1) is 10.1. The van der Waals surface area contributed by atoms with Gasteiger partial charge in [-0.05, 0) is 31.2 Å². The predicted octanol–water partition coefficient (Wildman–Crippen LogP) is 2.29. The fourth-order valence-corrected chi connectivity index (χ4v) is 2.45. The quantitative estimate of drug-likeness (QED) is 0.226. The largest absolute Gasteiger partial charge is 0.409 e. The smallest absolute Gasteiger partial charge is 0.233 e. The Hall–Kier alpha value is -2.04. The van der Waals surface area contributed by atoms with Gasteiger partial charge in [0.2, 0.25) is 5.91 Å². The van der Waals surface area contributed by atoms with Crippen molar-refractivity contribution in [3.05, 3.63) is 35.9 Å². The molecule has 0 saturated heterocycles. The van der Waals surface area contributed by atoms with E-state index in [9.17, 15) is 4.79 Å². The normalized spacial score (nSPS) is 12.2. The van der Waals surface area contributed by atoms with Crippen LogP contribution in [0.4, 0.5) is 0 Å². The zero-order valence-corrected chi connectivity index (χ0v) is 12.8. The summed E-state index contributed by atoms with van der Waals surface area (Å²) in [5.41, 5.74) is 6.04. The number of nitrogens with two attached hydrogens (primary N) is 1. The number of aryl methyl sites for hydroxylation is 1. The lowest BCUT2D eigenvalue weighted by molar-refractivity contribution is -0.128. The Morgan fingerprint density at radius 3 is 2.43 bits per heavy atom. The Morgan fingerprint density at radius 1 is 1.29 bits per heavy atom. The van der Waals surface area contributed by atoms with Crippen molar-refractivity contribution in [1.82, 2.24) is 5.32 Å². The lowest BCUT2D eigenvalue weighted by Crippen LogP contribution is -2.49. The lowest BCUT2D eigenvalue weighted by Gasteiger charge is -2.28. The number of benzene rings is 1. The fraction of sp³-hybridized carbons (Fsp3) is 0.500. The molecule has 5 heteroatoms. The summed E-state index contributed by atoms with van der Waals surface area (Å²) in [5.74, 6) is -0.191. The number of carbonyl (C=O) groups is 1. The summed E-state index contributed by atoms with van der Waals surface area (Å²) in [6, 6.07) is 10.1. The molecule has 0 unspecified atom stereocenters. The molecule has 1 amide bonds. The molecule has 0 bridgehead atoms. The standard InChI is InChI=1S/C16H25N3O2/c1-3-16(4-2,14(17)19-21)15(20)18-12-8-11-13-9-6-5-7-10-13/h5-7,9-10,21H,3-4,8,11-12H2,1-2H3,(H2,17,19)(H,18,20). The summed E-state index contributed by atoms with van der Waals surface area (Å²) in [4.78, 5) is 12.4. The van der Waals surface area contributed by atoms with E-state index in [1.165, 1.54) is 5.56 Å². The molecule has 0 spiro atoms. The molecule has 0 aliphatic heterocycles. The van der Waals surface area contributed by atoms with Gasteiger partial charge in [0.15, 0.2) is 5.84 Å². The van der Waals surface area contributed by atoms with E-state index >= 15 is 0 Å². The molecule has 1 aromatic carbocycles. The van der Waals surface area contributed by atoms with Crippen LogP contribution in [-0.2, 0) is 11.2 Å². The SMILES string of the molecule is CCC(CC)(C(=O)NCCCc1ccccc1)C(N)=NO. The predicted molar refractivity (Wildman–Crippen MR) is 84.2 cm³/mol. The number of hydrogen-bond donors (Lipinski definition) is 3. The monoisotopic (exact) mass is 291 g/mol. The summed E-state index contributed by atoms with van der Waals surface area (Å²) in [5, 5.41) is 14.8. The first-order valence-electron chi connectivity index (χ1n) is 7.41. The Labute approximate surface area is 126 Å². The highest BCUT2D eigenvalue weighted by atomic mass is 16.4. The van der Waals surface area contributed by atoms with Crippen molar-refractivity contribution in [2.24, 2.45) is 16.3 Å². The average molecular weight is 291 g/mol. The van der Waals surface area contributed by atoms with Crippen molar-refractivity contribution < 1.29 is 10.0 Å². The number of rotatable bonds is 8. The molecule has 1 rings (SSSR count). The van der Waals surface area contributed by atoms with Gasteiger partial charge in [0.05, 0.1) is 0 Å². The van der Waals surface area contributed by atoms with E-state index in [4.69, 9.17) is 10.9 Å². The molecular weight excluding hydrogens is 266 g/mol. The van der Waals surface area contributed by atoms with Crippen LogP contribution in [-0.4, -0.2) is 23.5 Å². The van der Waals surface area contributed by atoms with Gasteiger partial charge >= 0.3 is 0 Å². The molecule has 0 saturated carbocycles. The molecule has 5 nitrogen and oxygen atoms in total. The van der Waals surface area contributed by atoms with Gasteiger partial charge in [-0.1, -0.05) is 49.3 Å². The maximum atomic E-state index is 12.4. The molecule has 0 fully saturated rings. The van der Waals surface area contributed by atoms with Crippen LogP contribution in [0.5, 0.6) is 0 Å². The first kappa shape index (κ1) is 17.0. The van der Waals surface area contributed by atoms with Gasteiger partial charge in [-0.3, -0.25) is 4.79 Å². The molecule has 116 valence electrons. The minimum absolute atomic E-state index is 0.0203. The molecule has 0 aliphatic carbocycles. The number of nitrogens with one attached hydrogen (secondary N) is 1. The van der Waals surface area contributed by atoms with Crippen molar-refractivity contribution >= 4 is 11.7 Å².